The molecule has 0 N–H and O–H groups in total. The third kappa shape index (κ3) is 2.35. The predicted molar refractivity (Wildman–Crippen MR) is 61.0 cm³/mol. The standard InChI is InChI=1S/C9H7BrClNO3/c1-5-2-3-6(11)9(12(14)15)8(5)7(13)4-10/h2-3H,4H2,1H3. The molecule has 1 rings (SSSR count). The molecule has 0 heterocycles. The number of nitro benzene ring substituents is 1. The second kappa shape index (κ2) is 4.72. The van der Waals surface area contributed by atoms with Crippen LogP contribution >= 0.6 is 27.5 Å². The van der Waals surface area contributed by atoms with Crippen LogP contribution in [0.2, 0.25) is 5.02 Å². The smallest absolute Gasteiger partial charge is 0.293 e. The van der Waals surface area contributed by atoms with Crippen LogP contribution in [0.3, 0.4) is 0 Å². The summed E-state index contributed by atoms with van der Waals surface area (Å²) in [5, 5.41) is 10.8. The van der Waals surface area contributed by atoms with Crippen molar-refractivity contribution < 1.29 is 9.72 Å². The Hall–Kier alpha value is -0.940. The first-order valence-electron chi connectivity index (χ1n) is 4.01. The van der Waals surface area contributed by atoms with Gasteiger partial charge in [0.25, 0.3) is 5.69 Å². The van der Waals surface area contributed by atoms with E-state index in [1.54, 1.807) is 13.0 Å². The third-order valence-electron chi connectivity index (χ3n) is 1.92. The number of halogens is 2. The van der Waals surface area contributed by atoms with Gasteiger partial charge in [-0.05, 0) is 18.6 Å². The number of Topliss-reactive ketones (excluding diaryl/α,β-unsaturated/α-hetero) is 1. The van der Waals surface area contributed by atoms with Gasteiger partial charge in [0.05, 0.1) is 10.3 Å². The molecule has 0 aliphatic heterocycles. The van der Waals surface area contributed by atoms with Crippen LogP contribution in [0.15, 0.2) is 12.1 Å². The molecule has 6 heteroatoms. The van der Waals surface area contributed by atoms with E-state index in [0.717, 1.165) is 0 Å². The molecule has 0 radical (unpaired) electrons. The summed E-state index contributed by atoms with van der Waals surface area (Å²) in [7, 11) is 0. The Morgan fingerprint density at radius 3 is 2.67 bits per heavy atom. The molecule has 0 saturated carbocycles. The summed E-state index contributed by atoms with van der Waals surface area (Å²) < 4.78 is 0. The van der Waals surface area contributed by atoms with Gasteiger partial charge in [-0.1, -0.05) is 33.6 Å². The van der Waals surface area contributed by atoms with Crippen molar-refractivity contribution >= 4 is 39.0 Å². The molecule has 4 nitrogen and oxygen atoms in total. The molecular formula is C9H7BrClNO3. The number of rotatable bonds is 3. The number of aryl methyl sites for hydroxylation is 1. The highest BCUT2D eigenvalue weighted by Crippen LogP contribution is 2.31. The fourth-order valence-electron chi connectivity index (χ4n) is 1.26. The van der Waals surface area contributed by atoms with Crippen molar-refractivity contribution in [3.63, 3.8) is 0 Å². The molecule has 0 aliphatic carbocycles. The molecule has 0 amide bonds. The molecule has 1 aromatic carbocycles. The van der Waals surface area contributed by atoms with Crippen molar-refractivity contribution in [1.82, 2.24) is 0 Å². The number of nitro groups is 1. The van der Waals surface area contributed by atoms with E-state index in [0.29, 0.717) is 5.56 Å². The minimum atomic E-state index is -0.634. The number of alkyl halides is 1. The highest BCUT2D eigenvalue weighted by atomic mass is 79.9. The van der Waals surface area contributed by atoms with E-state index in [-0.39, 0.29) is 27.4 Å². The minimum absolute atomic E-state index is 0.0186. The van der Waals surface area contributed by atoms with E-state index in [1.165, 1.54) is 6.07 Å². The maximum Gasteiger partial charge on any atom is 0.298 e. The number of carbonyl (C=O) groups excluding carboxylic acids is 1. The van der Waals surface area contributed by atoms with Crippen LogP contribution in [-0.2, 0) is 0 Å². The van der Waals surface area contributed by atoms with Crippen LogP contribution in [0, 0.1) is 17.0 Å². The third-order valence-corrected chi connectivity index (χ3v) is 2.73. The van der Waals surface area contributed by atoms with E-state index in [2.05, 4.69) is 15.9 Å². The Labute approximate surface area is 99.5 Å². The maximum absolute atomic E-state index is 11.5. The van der Waals surface area contributed by atoms with Gasteiger partial charge in [0, 0.05) is 0 Å². The van der Waals surface area contributed by atoms with Gasteiger partial charge in [-0.25, -0.2) is 0 Å². The van der Waals surface area contributed by atoms with Gasteiger partial charge in [-0.3, -0.25) is 14.9 Å². The Bertz CT molecular complexity index is 434. The highest BCUT2D eigenvalue weighted by Gasteiger charge is 2.25. The fraction of sp³-hybridized carbons (Fsp3) is 0.222. The zero-order chi connectivity index (χ0) is 11.6. The summed E-state index contributed by atoms with van der Waals surface area (Å²) in [4.78, 5) is 21.6. The Morgan fingerprint density at radius 2 is 2.20 bits per heavy atom. The molecule has 1 aromatic rings. The van der Waals surface area contributed by atoms with Crippen LogP contribution in [0.4, 0.5) is 5.69 Å². The highest BCUT2D eigenvalue weighted by molar-refractivity contribution is 9.09. The van der Waals surface area contributed by atoms with Gasteiger partial charge < -0.3 is 0 Å². The normalized spacial score (nSPS) is 10.1. The van der Waals surface area contributed by atoms with Gasteiger partial charge in [-0.15, -0.1) is 0 Å². The van der Waals surface area contributed by atoms with Crippen LogP contribution in [0.5, 0.6) is 0 Å². The van der Waals surface area contributed by atoms with Gasteiger partial charge >= 0.3 is 0 Å². The summed E-state index contributed by atoms with van der Waals surface area (Å²) in [6.45, 7) is 1.64. The Balaban J connectivity index is 3.52. The summed E-state index contributed by atoms with van der Waals surface area (Å²) in [5.74, 6) is -0.346. The quantitative estimate of drug-likeness (QED) is 0.372. The van der Waals surface area contributed by atoms with E-state index >= 15 is 0 Å². The van der Waals surface area contributed by atoms with Gasteiger partial charge in [0.1, 0.15) is 10.6 Å². The topological polar surface area (TPSA) is 60.2 Å². The first kappa shape index (κ1) is 12.1. The SMILES string of the molecule is Cc1ccc(Cl)c([N+](=O)[O-])c1C(=O)CBr. The number of hydrogen-bond donors (Lipinski definition) is 0. The van der Waals surface area contributed by atoms with E-state index < -0.39 is 4.92 Å². The number of carbonyl (C=O) groups is 1. The van der Waals surface area contributed by atoms with Crippen molar-refractivity contribution in [3.8, 4) is 0 Å². The summed E-state index contributed by atoms with van der Waals surface area (Å²) >= 11 is 8.67. The van der Waals surface area contributed by atoms with E-state index in [9.17, 15) is 14.9 Å². The predicted octanol–water partition coefficient (Wildman–Crippen LogP) is 3.13. The molecule has 0 unspecified atom stereocenters. The van der Waals surface area contributed by atoms with E-state index in [1.807, 2.05) is 0 Å². The molecule has 0 aliphatic rings. The maximum atomic E-state index is 11.5. The van der Waals surface area contributed by atoms with Crippen molar-refractivity contribution in [2.45, 2.75) is 6.92 Å². The molecule has 0 atom stereocenters. The van der Waals surface area contributed by atoms with Crippen molar-refractivity contribution in [2.75, 3.05) is 5.33 Å². The Morgan fingerprint density at radius 1 is 1.60 bits per heavy atom. The van der Waals surface area contributed by atoms with Gasteiger partial charge in [0.15, 0.2) is 5.78 Å². The number of benzene rings is 1. The van der Waals surface area contributed by atoms with Crippen LogP contribution in [0.25, 0.3) is 0 Å². The average molecular weight is 293 g/mol. The zero-order valence-electron chi connectivity index (χ0n) is 7.79. The summed E-state index contributed by atoms with van der Waals surface area (Å²) in [6, 6.07) is 3.01. The molecule has 0 aromatic heterocycles. The first-order valence-corrected chi connectivity index (χ1v) is 5.51. The lowest BCUT2D eigenvalue weighted by Gasteiger charge is -2.05. The number of hydrogen-bond acceptors (Lipinski definition) is 3. The monoisotopic (exact) mass is 291 g/mol. The zero-order valence-corrected chi connectivity index (χ0v) is 10.1. The molecule has 0 bridgehead atoms. The molecule has 0 saturated heterocycles. The lowest BCUT2D eigenvalue weighted by Crippen LogP contribution is -2.07. The molecular weight excluding hydrogens is 285 g/mol. The van der Waals surface area contributed by atoms with Crippen LogP contribution in [0.1, 0.15) is 15.9 Å². The van der Waals surface area contributed by atoms with Crippen molar-refractivity contribution in [3.05, 3.63) is 38.4 Å². The lowest BCUT2D eigenvalue weighted by atomic mass is 10.0. The minimum Gasteiger partial charge on any atom is -0.293 e. The fourth-order valence-corrected chi connectivity index (χ4v) is 1.77. The van der Waals surface area contributed by atoms with Crippen LogP contribution < -0.4 is 0 Å². The first-order chi connectivity index (χ1) is 6.99. The van der Waals surface area contributed by atoms with Crippen molar-refractivity contribution in [1.29, 1.82) is 0 Å². The summed E-state index contributed by atoms with van der Waals surface area (Å²) in [6.07, 6.45) is 0. The van der Waals surface area contributed by atoms with E-state index in [4.69, 9.17) is 11.6 Å². The number of ketones is 1. The van der Waals surface area contributed by atoms with Gasteiger partial charge in [0.2, 0.25) is 0 Å². The largest absolute Gasteiger partial charge is 0.298 e. The second-order valence-corrected chi connectivity index (χ2v) is 3.87. The lowest BCUT2D eigenvalue weighted by molar-refractivity contribution is -0.385. The molecule has 80 valence electrons. The summed E-state index contributed by atoms with van der Waals surface area (Å²) in [5.41, 5.74) is 0.307. The molecule has 0 fully saturated rings. The molecule has 15 heavy (non-hydrogen) atoms. The number of nitrogens with zero attached hydrogens (tertiary/aromatic N) is 1. The average Bonchev–Trinajstić information content (AvgIpc) is 2.19. The Kier molecular flexibility index (Phi) is 3.82. The van der Waals surface area contributed by atoms with Crippen LogP contribution in [-0.4, -0.2) is 16.0 Å². The van der Waals surface area contributed by atoms with Crippen molar-refractivity contribution in [2.24, 2.45) is 0 Å². The molecule has 0 spiro atoms. The second-order valence-electron chi connectivity index (χ2n) is 2.90. The van der Waals surface area contributed by atoms with Gasteiger partial charge in [-0.2, -0.15) is 0 Å².